The van der Waals surface area contributed by atoms with Gasteiger partial charge in [0.1, 0.15) is 0 Å². The SMILES string of the molecule is Cc1ccc(S(=O)(=O)N(C)c2cccc(C(=O)NCc3cccc4ccccc34)c2)cc1. The van der Waals surface area contributed by atoms with Crippen LogP contribution in [0.2, 0.25) is 0 Å². The maximum Gasteiger partial charge on any atom is 0.264 e. The predicted molar refractivity (Wildman–Crippen MR) is 128 cm³/mol. The number of nitrogens with one attached hydrogen (secondary N) is 1. The number of carbonyl (C=O) groups is 1. The summed E-state index contributed by atoms with van der Waals surface area (Å²) in [5.74, 6) is -0.263. The number of nitrogens with zero attached hydrogens (tertiary/aromatic N) is 1. The van der Waals surface area contributed by atoms with E-state index in [0.29, 0.717) is 17.8 Å². The zero-order chi connectivity index (χ0) is 22.7. The second kappa shape index (κ2) is 8.85. The Balaban J connectivity index is 1.53. The van der Waals surface area contributed by atoms with Gasteiger partial charge in [0, 0.05) is 19.2 Å². The zero-order valence-electron chi connectivity index (χ0n) is 17.9. The molecule has 1 N–H and O–H groups in total. The van der Waals surface area contributed by atoms with Crippen LogP contribution in [0.15, 0.2) is 95.9 Å². The second-order valence-corrected chi connectivity index (χ2v) is 9.63. The number of hydrogen-bond acceptors (Lipinski definition) is 3. The Morgan fingerprint density at radius 3 is 2.34 bits per heavy atom. The van der Waals surface area contributed by atoms with Crippen LogP contribution in [0.4, 0.5) is 5.69 Å². The van der Waals surface area contributed by atoms with Crippen molar-refractivity contribution in [1.82, 2.24) is 5.32 Å². The summed E-state index contributed by atoms with van der Waals surface area (Å²) in [7, 11) is -2.24. The van der Waals surface area contributed by atoms with E-state index in [1.807, 2.05) is 49.4 Å². The molecule has 0 saturated heterocycles. The van der Waals surface area contributed by atoms with Gasteiger partial charge in [0.2, 0.25) is 0 Å². The number of sulfonamides is 1. The van der Waals surface area contributed by atoms with Gasteiger partial charge in [-0.05, 0) is 53.6 Å². The van der Waals surface area contributed by atoms with Crippen molar-refractivity contribution in [3.8, 4) is 0 Å². The molecule has 0 aliphatic heterocycles. The first kappa shape index (κ1) is 21.6. The molecule has 162 valence electrons. The lowest BCUT2D eigenvalue weighted by Gasteiger charge is -2.20. The Morgan fingerprint density at radius 1 is 0.875 bits per heavy atom. The Morgan fingerprint density at radius 2 is 1.56 bits per heavy atom. The molecule has 0 atom stereocenters. The molecule has 4 aromatic rings. The van der Waals surface area contributed by atoms with E-state index in [-0.39, 0.29) is 10.8 Å². The fourth-order valence-corrected chi connectivity index (χ4v) is 4.76. The van der Waals surface area contributed by atoms with Gasteiger partial charge >= 0.3 is 0 Å². The molecule has 0 unspecified atom stereocenters. The first-order valence-electron chi connectivity index (χ1n) is 10.3. The Labute approximate surface area is 188 Å². The van der Waals surface area contributed by atoms with Gasteiger partial charge in [0.15, 0.2) is 0 Å². The van der Waals surface area contributed by atoms with Gasteiger partial charge in [0.05, 0.1) is 10.6 Å². The van der Waals surface area contributed by atoms with E-state index in [2.05, 4.69) is 5.32 Å². The van der Waals surface area contributed by atoms with Crippen LogP contribution in [0.5, 0.6) is 0 Å². The van der Waals surface area contributed by atoms with Crippen LogP contribution in [0.3, 0.4) is 0 Å². The van der Waals surface area contributed by atoms with Crippen molar-refractivity contribution < 1.29 is 13.2 Å². The van der Waals surface area contributed by atoms with Crippen molar-refractivity contribution in [2.75, 3.05) is 11.4 Å². The molecule has 32 heavy (non-hydrogen) atoms. The summed E-state index contributed by atoms with van der Waals surface area (Å²) in [5, 5.41) is 5.15. The molecule has 1 amide bonds. The van der Waals surface area contributed by atoms with Crippen molar-refractivity contribution in [1.29, 1.82) is 0 Å². The van der Waals surface area contributed by atoms with Gasteiger partial charge in [0.25, 0.3) is 15.9 Å². The first-order chi connectivity index (χ1) is 15.4. The van der Waals surface area contributed by atoms with Crippen LogP contribution in [-0.2, 0) is 16.6 Å². The molecule has 0 saturated carbocycles. The number of hydrogen-bond donors (Lipinski definition) is 1. The number of fused-ring (bicyclic) bond motifs is 1. The number of rotatable bonds is 6. The van der Waals surface area contributed by atoms with Crippen molar-refractivity contribution >= 4 is 32.4 Å². The van der Waals surface area contributed by atoms with Crippen LogP contribution < -0.4 is 9.62 Å². The van der Waals surface area contributed by atoms with Crippen LogP contribution in [-0.4, -0.2) is 21.4 Å². The van der Waals surface area contributed by atoms with E-state index in [0.717, 1.165) is 21.9 Å². The van der Waals surface area contributed by atoms with E-state index in [9.17, 15) is 13.2 Å². The van der Waals surface area contributed by atoms with E-state index >= 15 is 0 Å². The molecule has 0 fully saturated rings. The summed E-state index contributed by atoms with van der Waals surface area (Å²) in [6.07, 6.45) is 0. The molecule has 0 radical (unpaired) electrons. The van der Waals surface area contributed by atoms with Crippen molar-refractivity contribution in [2.24, 2.45) is 0 Å². The molecule has 0 bridgehead atoms. The Bertz CT molecular complexity index is 1370. The third kappa shape index (κ3) is 4.36. The van der Waals surface area contributed by atoms with Gasteiger partial charge in [-0.1, -0.05) is 66.2 Å². The van der Waals surface area contributed by atoms with Crippen molar-refractivity contribution in [3.63, 3.8) is 0 Å². The molecule has 6 heteroatoms. The molecule has 5 nitrogen and oxygen atoms in total. The van der Waals surface area contributed by atoms with Gasteiger partial charge in [-0.25, -0.2) is 8.42 Å². The molecule has 0 aliphatic carbocycles. The number of amides is 1. The quantitative estimate of drug-likeness (QED) is 0.460. The summed E-state index contributed by atoms with van der Waals surface area (Å²) in [6.45, 7) is 2.28. The third-order valence-electron chi connectivity index (χ3n) is 5.47. The van der Waals surface area contributed by atoms with Crippen molar-refractivity contribution in [2.45, 2.75) is 18.4 Å². The highest BCUT2D eigenvalue weighted by atomic mass is 32.2. The normalized spacial score (nSPS) is 11.3. The van der Waals surface area contributed by atoms with E-state index < -0.39 is 10.0 Å². The van der Waals surface area contributed by atoms with Crippen LogP contribution in [0.25, 0.3) is 10.8 Å². The average Bonchev–Trinajstić information content (AvgIpc) is 2.82. The Hall–Kier alpha value is -3.64. The average molecular weight is 445 g/mol. The molecular formula is C26H24N2O3S. The highest BCUT2D eigenvalue weighted by Crippen LogP contribution is 2.23. The molecular weight excluding hydrogens is 420 g/mol. The van der Waals surface area contributed by atoms with E-state index in [4.69, 9.17) is 0 Å². The number of benzene rings is 4. The van der Waals surface area contributed by atoms with Crippen LogP contribution >= 0.6 is 0 Å². The predicted octanol–water partition coefficient (Wildman–Crippen LogP) is 4.90. The van der Waals surface area contributed by atoms with E-state index in [1.165, 1.54) is 11.4 Å². The molecule has 0 spiro atoms. The van der Waals surface area contributed by atoms with Crippen LogP contribution in [0, 0.1) is 6.92 Å². The number of carbonyl (C=O) groups excluding carboxylic acids is 1. The fraction of sp³-hybridized carbons (Fsp3) is 0.115. The number of aryl methyl sites for hydroxylation is 1. The highest BCUT2D eigenvalue weighted by molar-refractivity contribution is 7.92. The fourth-order valence-electron chi connectivity index (χ4n) is 3.57. The van der Waals surface area contributed by atoms with E-state index in [1.54, 1.807) is 48.5 Å². The molecule has 0 heterocycles. The second-order valence-electron chi connectivity index (χ2n) is 7.66. The van der Waals surface area contributed by atoms with Gasteiger partial charge in [-0.15, -0.1) is 0 Å². The Kier molecular flexibility index (Phi) is 5.97. The van der Waals surface area contributed by atoms with Crippen molar-refractivity contribution in [3.05, 3.63) is 108 Å². The minimum absolute atomic E-state index is 0.205. The molecule has 0 aromatic heterocycles. The topological polar surface area (TPSA) is 66.5 Å². The molecule has 4 aromatic carbocycles. The lowest BCUT2D eigenvalue weighted by atomic mass is 10.0. The largest absolute Gasteiger partial charge is 0.348 e. The highest BCUT2D eigenvalue weighted by Gasteiger charge is 2.22. The van der Waals surface area contributed by atoms with Crippen LogP contribution in [0.1, 0.15) is 21.5 Å². The lowest BCUT2D eigenvalue weighted by Crippen LogP contribution is -2.27. The molecule has 4 rings (SSSR count). The summed E-state index contributed by atoms with van der Waals surface area (Å²) >= 11 is 0. The minimum atomic E-state index is -3.73. The smallest absolute Gasteiger partial charge is 0.264 e. The monoisotopic (exact) mass is 444 g/mol. The first-order valence-corrected chi connectivity index (χ1v) is 11.7. The zero-order valence-corrected chi connectivity index (χ0v) is 18.8. The number of anilines is 1. The minimum Gasteiger partial charge on any atom is -0.348 e. The summed E-state index contributed by atoms with van der Waals surface area (Å²) < 4.78 is 27.2. The maximum absolute atomic E-state index is 13.0. The van der Waals surface area contributed by atoms with Gasteiger partial charge < -0.3 is 5.32 Å². The summed E-state index contributed by atoms with van der Waals surface area (Å²) in [6, 6.07) is 27.3. The summed E-state index contributed by atoms with van der Waals surface area (Å²) in [5.41, 5.74) is 2.82. The maximum atomic E-state index is 13.0. The summed E-state index contributed by atoms with van der Waals surface area (Å²) in [4.78, 5) is 13.0. The van der Waals surface area contributed by atoms with Gasteiger partial charge in [-0.3, -0.25) is 9.10 Å². The van der Waals surface area contributed by atoms with Gasteiger partial charge in [-0.2, -0.15) is 0 Å². The third-order valence-corrected chi connectivity index (χ3v) is 7.27. The standard InChI is InChI=1S/C26H24N2O3S/c1-19-13-15-24(16-14-19)32(30,31)28(2)23-11-6-9-21(17-23)26(29)27-18-22-10-5-8-20-7-3-4-12-25(20)22/h3-17H,18H2,1-2H3,(H,27,29). The molecule has 0 aliphatic rings. The lowest BCUT2D eigenvalue weighted by molar-refractivity contribution is 0.0951.